The maximum Gasteiger partial charge on any atom is 0.264 e. The summed E-state index contributed by atoms with van der Waals surface area (Å²) >= 11 is 6.34. The van der Waals surface area contributed by atoms with Crippen molar-refractivity contribution in [2.45, 2.75) is 37.8 Å². The standard InChI is InChI=1S/C29H34ClN3O6S/c1-5-17-31-29(35)21(2)32(19-22-11-14-24(38-3)15-12-22)28(34)20-33(23-13-16-27(39-4)26(30)18-23)40(36,37)25-9-7-6-8-10-25/h6-16,18,21H,5,17,19-20H2,1-4H3,(H,31,35). The van der Waals surface area contributed by atoms with E-state index in [1.165, 1.54) is 42.3 Å². The smallest absolute Gasteiger partial charge is 0.264 e. The molecule has 0 fully saturated rings. The van der Waals surface area contributed by atoms with Crippen LogP contribution >= 0.6 is 11.6 Å². The van der Waals surface area contributed by atoms with Gasteiger partial charge in [0.1, 0.15) is 24.1 Å². The lowest BCUT2D eigenvalue weighted by Crippen LogP contribution is -2.51. The zero-order valence-electron chi connectivity index (χ0n) is 23.0. The average Bonchev–Trinajstić information content (AvgIpc) is 2.97. The molecule has 3 aromatic carbocycles. The van der Waals surface area contributed by atoms with Crippen molar-refractivity contribution in [3.63, 3.8) is 0 Å². The highest BCUT2D eigenvalue weighted by Crippen LogP contribution is 2.32. The van der Waals surface area contributed by atoms with Crippen LogP contribution in [0.2, 0.25) is 5.02 Å². The van der Waals surface area contributed by atoms with Gasteiger partial charge in [0.25, 0.3) is 10.0 Å². The lowest BCUT2D eigenvalue weighted by molar-refractivity contribution is -0.139. The first-order valence-electron chi connectivity index (χ1n) is 12.7. The van der Waals surface area contributed by atoms with Crippen LogP contribution in [0.3, 0.4) is 0 Å². The zero-order chi connectivity index (χ0) is 29.3. The van der Waals surface area contributed by atoms with Gasteiger partial charge >= 0.3 is 0 Å². The van der Waals surface area contributed by atoms with Crippen LogP contribution in [-0.4, -0.2) is 58.5 Å². The van der Waals surface area contributed by atoms with E-state index in [-0.39, 0.29) is 28.1 Å². The van der Waals surface area contributed by atoms with E-state index in [9.17, 15) is 18.0 Å². The number of hydrogen-bond acceptors (Lipinski definition) is 6. The molecule has 2 amide bonds. The van der Waals surface area contributed by atoms with E-state index in [4.69, 9.17) is 21.1 Å². The molecule has 1 atom stereocenters. The molecule has 0 aromatic heterocycles. The molecule has 0 aliphatic rings. The van der Waals surface area contributed by atoms with Crippen molar-refractivity contribution in [2.24, 2.45) is 0 Å². The number of sulfonamides is 1. The van der Waals surface area contributed by atoms with E-state index in [0.29, 0.717) is 18.0 Å². The van der Waals surface area contributed by atoms with Crippen LogP contribution in [0.1, 0.15) is 25.8 Å². The fourth-order valence-corrected chi connectivity index (χ4v) is 5.64. The lowest BCUT2D eigenvalue weighted by atomic mass is 10.1. The van der Waals surface area contributed by atoms with Crippen molar-refractivity contribution in [3.8, 4) is 11.5 Å². The number of carbonyl (C=O) groups excluding carboxylic acids is 2. The highest BCUT2D eigenvalue weighted by molar-refractivity contribution is 7.92. The van der Waals surface area contributed by atoms with E-state index in [1.54, 1.807) is 56.5 Å². The number of benzene rings is 3. The van der Waals surface area contributed by atoms with Gasteiger partial charge in [-0.3, -0.25) is 13.9 Å². The number of nitrogens with one attached hydrogen (secondary N) is 1. The van der Waals surface area contributed by atoms with Crippen LogP contribution < -0.4 is 19.1 Å². The van der Waals surface area contributed by atoms with Gasteiger partial charge in [0.2, 0.25) is 11.8 Å². The van der Waals surface area contributed by atoms with E-state index in [2.05, 4.69) is 5.32 Å². The SMILES string of the molecule is CCCNC(=O)C(C)N(Cc1ccc(OC)cc1)C(=O)CN(c1ccc(OC)c(Cl)c1)S(=O)(=O)c1ccccc1. The molecule has 0 bridgehead atoms. The molecule has 1 unspecified atom stereocenters. The Bertz CT molecular complexity index is 1400. The largest absolute Gasteiger partial charge is 0.497 e. The highest BCUT2D eigenvalue weighted by atomic mass is 35.5. The summed E-state index contributed by atoms with van der Waals surface area (Å²) < 4.78 is 39.1. The summed E-state index contributed by atoms with van der Waals surface area (Å²) in [5.41, 5.74) is 0.921. The van der Waals surface area contributed by atoms with Crippen molar-refractivity contribution < 1.29 is 27.5 Å². The van der Waals surface area contributed by atoms with Crippen molar-refractivity contribution in [1.29, 1.82) is 0 Å². The monoisotopic (exact) mass is 587 g/mol. The van der Waals surface area contributed by atoms with E-state index < -0.39 is 28.5 Å². The first kappa shape index (κ1) is 30.8. The number of hydrogen-bond donors (Lipinski definition) is 1. The molecule has 214 valence electrons. The summed E-state index contributed by atoms with van der Waals surface area (Å²) in [7, 11) is -1.19. The second-order valence-corrected chi connectivity index (χ2v) is 11.2. The van der Waals surface area contributed by atoms with Gasteiger partial charge in [0, 0.05) is 13.1 Å². The Morgan fingerprint density at radius 2 is 1.65 bits per heavy atom. The maximum atomic E-state index is 13.9. The van der Waals surface area contributed by atoms with Gasteiger partial charge in [-0.2, -0.15) is 0 Å². The minimum atomic E-state index is -4.19. The highest BCUT2D eigenvalue weighted by Gasteiger charge is 2.32. The molecule has 0 spiro atoms. The van der Waals surface area contributed by atoms with Crippen LogP contribution in [0.5, 0.6) is 11.5 Å². The average molecular weight is 588 g/mol. The number of nitrogens with zero attached hydrogens (tertiary/aromatic N) is 2. The number of rotatable bonds is 13. The third kappa shape index (κ3) is 7.45. The minimum Gasteiger partial charge on any atom is -0.497 e. The van der Waals surface area contributed by atoms with Crippen molar-refractivity contribution >= 4 is 39.1 Å². The van der Waals surface area contributed by atoms with Crippen molar-refractivity contribution in [1.82, 2.24) is 10.2 Å². The Labute approximate surface area is 240 Å². The fourth-order valence-electron chi connectivity index (χ4n) is 3.97. The Balaban J connectivity index is 2.03. The summed E-state index contributed by atoms with van der Waals surface area (Å²) in [5.74, 6) is 0.0955. The molecular formula is C29H34ClN3O6S. The molecule has 0 radical (unpaired) electrons. The third-order valence-electron chi connectivity index (χ3n) is 6.26. The fraction of sp³-hybridized carbons (Fsp3) is 0.310. The zero-order valence-corrected chi connectivity index (χ0v) is 24.5. The quantitative estimate of drug-likeness (QED) is 0.316. The van der Waals surface area contributed by atoms with Gasteiger partial charge in [0.15, 0.2) is 0 Å². The lowest BCUT2D eigenvalue weighted by Gasteiger charge is -2.32. The summed E-state index contributed by atoms with van der Waals surface area (Å²) in [4.78, 5) is 28.2. The number of halogens is 1. The Morgan fingerprint density at radius 3 is 2.23 bits per heavy atom. The molecule has 0 saturated carbocycles. The first-order valence-corrected chi connectivity index (χ1v) is 14.6. The predicted molar refractivity (Wildman–Crippen MR) is 155 cm³/mol. The summed E-state index contributed by atoms with van der Waals surface area (Å²) in [5, 5.41) is 3.00. The second kappa shape index (κ2) is 14.0. The predicted octanol–water partition coefficient (Wildman–Crippen LogP) is 4.50. The summed E-state index contributed by atoms with van der Waals surface area (Å²) in [6, 6.07) is 18.5. The van der Waals surface area contributed by atoms with Crippen LogP contribution in [0, 0.1) is 0 Å². The molecule has 3 rings (SSSR count). The van der Waals surface area contributed by atoms with Crippen molar-refractivity contribution in [3.05, 3.63) is 83.4 Å². The molecule has 0 aliphatic heterocycles. The van der Waals surface area contributed by atoms with Gasteiger partial charge < -0.3 is 19.7 Å². The van der Waals surface area contributed by atoms with Crippen LogP contribution in [0.15, 0.2) is 77.7 Å². The first-order chi connectivity index (χ1) is 19.1. The molecule has 0 saturated heterocycles. The molecule has 3 aromatic rings. The maximum absolute atomic E-state index is 13.9. The van der Waals surface area contributed by atoms with Gasteiger partial charge in [-0.1, -0.05) is 48.9 Å². The van der Waals surface area contributed by atoms with Crippen LogP contribution in [-0.2, 0) is 26.2 Å². The molecule has 0 aliphatic carbocycles. The Kier molecular flexibility index (Phi) is 10.8. The van der Waals surface area contributed by atoms with Gasteiger partial charge in [-0.15, -0.1) is 0 Å². The molecule has 11 heteroatoms. The number of methoxy groups -OCH3 is 2. The second-order valence-electron chi connectivity index (χ2n) is 8.98. The van der Waals surface area contributed by atoms with E-state index in [0.717, 1.165) is 16.3 Å². The summed E-state index contributed by atoms with van der Waals surface area (Å²) in [6.45, 7) is 3.50. The summed E-state index contributed by atoms with van der Waals surface area (Å²) in [6.07, 6.45) is 0.728. The topological polar surface area (TPSA) is 105 Å². The van der Waals surface area contributed by atoms with E-state index in [1.807, 2.05) is 6.92 Å². The van der Waals surface area contributed by atoms with Crippen LogP contribution in [0.4, 0.5) is 5.69 Å². The normalized spacial score (nSPS) is 11.8. The molecule has 0 heterocycles. The molecule has 1 N–H and O–H groups in total. The molecule has 9 nitrogen and oxygen atoms in total. The molecule has 40 heavy (non-hydrogen) atoms. The van der Waals surface area contributed by atoms with Gasteiger partial charge in [-0.25, -0.2) is 8.42 Å². The molecular weight excluding hydrogens is 554 g/mol. The number of anilines is 1. The van der Waals surface area contributed by atoms with Crippen LogP contribution in [0.25, 0.3) is 0 Å². The number of amides is 2. The van der Waals surface area contributed by atoms with Gasteiger partial charge in [0.05, 0.1) is 29.8 Å². The van der Waals surface area contributed by atoms with Crippen molar-refractivity contribution in [2.75, 3.05) is 31.6 Å². The Hall–Kier alpha value is -3.76. The number of carbonyl (C=O) groups is 2. The third-order valence-corrected chi connectivity index (χ3v) is 8.35. The minimum absolute atomic E-state index is 0.00480. The number of ether oxygens (including phenoxy) is 2. The Morgan fingerprint density at radius 1 is 0.975 bits per heavy atom. The van der Waals surface area contributed by atoms with Gasteiger partial charge in [-0.05, 0) is 61.4 Å². The van der Waals surface area contributed by atoms with E-state index >= 15 is 0 Å².